The fourth-order valence-corrected chi connectivity index (χ4v) is 2.94. The van der Waals surface area contributed by atoms with E-state index < -0.39 is 0 Å². The molecule has 0 saturated heterocycles. The van der Waals surface area contributed by atoms with Gasteiger partial charge in [-0.15, -0.1) is 6.58 Å². The van der Waals surface area contributed by atoms with Gasteiger partial charge in [-0.2, -0.15) is 0 Å². The summed E-state index contributed by atoms with van der Waals surface area (Å²) < 4.78 is 15.6. The van der Waals surface area contributed by atoms with Crippen molar-refractivity contribution in [2.75, 3.05) is 34.4 Å². The Bertz CT molecular complexity index is 556. The lowest BCUT2D eigenvalue weighted by molar-refractivity contribution is -0.142. The van der Waals surface area contributed by atoms with Crippen molar-refractivity contribution in [2.24, 2.45) is 0 Å². The van der Waals surface area contributed by atoms with Crippen molar-refractivity contribution in [2.45, 2.75) is 18.9 Å². The molecule has 0 aliphatic carbocycles. The maximum atomic E-state index is 11.8. The average molecular weight is 305 g/mol. The minimum Gasteiger partial charge on any atom is -0.493 e. The third-order valence-corrected chi connectivity index (χ3v) is 4.06. The SMILES string of the molecule is C=CCN1CCc2cc(OC)c(OC)cc2C1CC(=O)OC. The number of hydrogen-bond acceptors (Lipinski definition) is 5. The van der Waals surface area contributed by atoms with Crippen LogP contribution in [0.2, 0.25) is 0 Å². The quantitative estimate of drug-likeness (QED) is 0.596. The van der Waals surface area contributed by atoms with Gasteiger partial charge in [-0.1, -0.05) is 6.08 Å². The van der Waals surface area contributed by atoms with Gasteiger partial charge in [-0.3, -0.25) is 9.69 Å². The lowest BCUT2D eigenvalue weighted by atomic mass is 9.90. The van der Waals surface area contributed by atoms with Gasteiger partial charge in [0.1, 0.15) is 0 Å². The molecule has 0 amide bonds. The molecule has 1 aromatic carbocycles. The molecule has 0 saturated carbocycles. The largest absolute Gasteiger partial charge is 0.493 e. The maximum Gasteiger partial charge on any atom is 0.307 e. The van der Waals surface area contributed by atoms with E-state index in [1.54, 1.807) is 14.2 Å². The first kappa shape index (κ1) is 16.4. The van der Waals surface area contributed by atoms with E-state index in [-0.39, 0.29) is 12.0 Å². The number of esters is 1. The number of benzene rings is 1. The standard InChI is InChI=1S/C17H23NO4/c1-5-7-18-8-6-12-9-15(20-2)16(21-3)10-13(12)14(18)11-17(19)22-4/h5,9-10,14H,1,6-8,11H2,2-4H3. The number of ether oxygens (including phenoxy) is 3. The molecule has 0 aromatic heterocycles. The second kappa shape index (κ2) is 7.31. The molecule has 1 heterocycles. The van der Waals surface area contributed by atoms with Crippen molar-refractivity contribution in [3.63, 3.8) is 0 Å². The lowest BCUT2D eigenvalue weighted by Crippen LogP contribution is -2.37. The molecule has 120 valence electrons. The molecule has 1 unspecified atom stereocenters. The van der Waals surface area contributed by atoms with Crippen LogP contribution in [0.1, 0.15) is 23.6 Å². The van der Waals surface area contributed by atoms with E-state index in [2.05, 4.69) is 11.5 Å². The van der Waals surface area contributed by atoms with Crippen molar-refractivity contribution in [1.29, 1.82) is 0 Å². The maximum absolute atomic E-state index is 11.8. The summed E-state index contributed by atoms with van der Waals surface area (Å²) in [5, 5.41) is 0. The van der Waals surface area contributed by atoms with Gasteiger partial charge in [-0.25, -0.2) is 0 Å². The van der Waals surface area contributed by atoms with E-state index in [4.69, 9.17) is 14.2 Å². The molecule has 0 N–H and O–H groups in total. The number of rotatable bonds is 6. The van der Waals surface area contributed by atoms with Gasteiger partial charge in [0.05, 0.1) is 27.8 Å². The Hall–Kier alpha value is -2.01. The molecule has 5 nitrogen and oxygen atoms in total. The number of carbonyl (C=O) groups is 1. The molecule has 22 heavy (non-hydrogen) atoms. The number of hydrogen-bond donors (Lipinski definition) is 0. The number of methoxy groups -OCH3 is 3. The molecule has 0 fully saturated rings. The Balaban J connectivity index is 2.43. The summed E-state index contributed by atoms with van der Waals surface area (Å²) in [6, 6.07) is 3.94. The van der Waals surface area contributed by atoms with Crippen LogP contribution in [0.25, 0.3) is 0 Å². The monoisotopic (exact) mass is 305 g/mol. The van der Waals surface area contributed by atoms with Crippen LogP contribution in [-0.4, -0.2) is 45.3 Å². The van der Waals surface area contributed by atoms with Gasteiger partial charge in [0.2, 0.25) is 0 Å². The number of nitrogens with zero attached hydrogens (tertiary/aromatic N) is 1. The predicted octanol–water partition coefficient (Wildman–Crippen LogP) is 2.35. The number of fused-ring (bicyclic) bond motifs is 1. The summed E-state index contributed by atoms with van der Waals surface area (Å²) in [4.78, 5) is 14.0. The third-order valence-electron chi connectivity index (χ3n) is 4.06. The molecule has 1 aliphatic rings. The minimum atomic E-state index is -0.221. The second-order valence-corrected chi connectivity index (χ2v) is 5.24. The van der Waals surface area contributed by atoms with Crippen LogP contribution in [0, 0.1) is 0 Å². The Morgan fingerprint density at radius 1 is 1.32 bits per heavy atom. The molecule has 5 heteroatoms. The van der Waals surface area contributed by atoms with E-state index in [1.165, 1.54) is 12.7 Å². The molecule has 0 bridgehead atoms. The van der Waals surface area contributed by atoms with Crippen molar-refractivity contribution >= 4 is 5.97 Å². The van der Waals surface area contributed by atoms with Gasteiger partial charge in [0.25, 0.3) is 0 Å². The van der Waals surface area contributed by atoms with Crippen molar-refractivity contribution in [3.05, 3.63) is 35.9 Å². The molecular weight excluding hydrogens is 282 g/mol. The van der Waals surface area contributed by atoms with Crippen LogP contribution in [0.4, 0.5) is 0 Å². The normalized spacial score (nSPS) is 17.5. The number of carbonyl (C=O) groups excluding carboxylic acids is 1. The van der Waals surface area contributed by atoms with Crippen LogP contribution in [0.3, 0.4) is 0 Å². The Morgan fingerprint density at radius 3 is 2.59 bits per heavy atom. The summed E-state index contributed by atoms with van der Waals surface area (Å²) in [6.45, 7) is 5.41. The molecular formula is C17H23NO4. The van der Waals surface area contributed by atoms with Crippen LogP contribution >= 0.6 is 0 Å². The zero-order valence-corrected chi connectivity index (χ0v) is 13.4. The Kier molecular flexibility index (Phi) is 5.44. The van der Waals surface area contributed by atoms with E-state index in [1.807, 2.05) is 18.2 Å². The van der Waals surface area contributed by atoms with E-state index in [9.17, 15) is 4.79 Å². The van der Waals surface area contributed by atoms with Crippen LogP contribution < -0.4 is 9.47 Å². The highest BCUT2D eigenvalue weighted by molar-refractivity contribution is 5.70. The van der Waals surface area contributed by atoms with Gasteiger partial charge in [0, 0.05) is 19.1 Å². The van der Waals surface area contributed by atoms with Crippen LogP contribution in [0.5, 0.6) is 11.5 Å². The fourth-order valence-electron chi connectivity index (χ4n) is 2.94. The van der Waals surface area contributed by atoms with E-state index in [0.29, 0.717) is 12.2 Å². The molecule has 1 aliphatic heterocycles. The van der Waals surface area contributed by atoms with E-state index in [0.717, 1.165) is 30.8 Å². The molecule has 1 aromatic rings. The van der Waals surface area contributed by atoms with Gasteiger partial charge >= 0.3 is 5.97 Å². The second-order valence-electron chi connectivity index (χ2n) is 5.24. The summed E-state index contributed by atoms with van der Waals surface area (Å²) in [5.74, 6) is 1.17. The summed E-state index contributed by atoms with van der Waals surface area (Å²) in [7, 11) is 4.66. The first-order valence-corrected chi connectivity index (χ1v) is 7.31. The van der Waals surface area contributed by atoms with Crippen molar-refractivity contribution in [3.8, 4) is 11.5 Å². The van der Waals surface area contributed by atoms with Crippen LogP contribution in [0.15, 0.2) is 24.8 Å². The van der Waals surface area contributed by atoms with Crippen LogP contribution in [-0.2, 0) is 16.0 Å². The summed E-state index contributed by atoms with van der Waals surface area (Å²) >= 11 is 0. The fraction of sp³-hybridized carbons (Fsp3) is 0.471. The molecule has 0 radical (unpaired) electrons. The highest BCUT2D eigenvalue weighted by Crippen LogP contribution is 2.39. The molecule has 2 rings (SSSR count). The highest BCUT2D eigenvalue weighted by Gasteiger charge is 2.30. The third kappa shape index (κ3) is 3.25. The van der Waals surface area contributed by atoms with Gasteiger partial charge in [-0.05, 0) is 29.7 Å². The van der Waals surface area contributed by atoms with Crippen molar-refractivity contribution < 1.29 is 19.0 Å². The Labute approximate surface area is 131 Å². The van der Waals surface area contributed by atoms with Gasteiger partial charge in [0.15, 0.2) is 11.5 Å². The zero-order valence-electron chi connectivity index (χ0n) is 13.4. The minimum absolute atomic E-state index is 0.0333. The lowest BCUT2D eigenvalue weighted by Gasteiger charge is -2.36. The average Bonchev–Trinajstić information content (AvgIpc) is 2.55. The molecule has 1 atom stereocenters. The predicted molar refractivity (Wildman–Crippen MR) is 84.4 cm³/mol. The topological polar surface area (TPSA) is 48.0 Å². The van der Waals surface area contributed by atoms with Gasteiger partial charge < -0.3 is 14.2 Å². The summed E-state index contributed by atoms with van der Waals surface area (Å²) in [5.41, 5.74) is 2.28. The first-order valence-electron chi connectivity index (χ1n) is 7.31. The Morgan fingerprint density at radius 2 is 2.00 bits per heavy atom. The highest BCUT2D eigenvalue weighted by atomic mass is 16.5. The van der Waals surface area contributed by atoms with Crippen molar-refractivity contribution in [1.82, 2.24) is 4.90 Å². The zero-order chi connectivity index (χ0) is 16.1. The molecule has 0 spiro atoms. The van der Waals surface area contributed by atoms with E-state index >= 15 is 0 Å². The first-order chi connectivity index (χ1) is 10.6. The smallest absolute Gasteiger partial charge is 0.307 e. The summed E-state index contributed by atoms with van der Waals surface area (Å²) in [6.07, 6.45) is 3.07.